The molecule has 1 unspecified atom stereocenters. The Morgan fingerprint density at radius 1 is 1.47 bits per heavy atom. The van der Waals surface area contributed by atoms with Gasteiger partial charge < -0.3 is 10.6 Å². The summed E-state index contributed by atoms with van der Waals surface area (Å²) in [6.07, 6.45) is -4.43. The van der Waals surface area contributed by atoms with Crippen LogP contribution in [0, 0.1) is 0 Å². The Hall–Kier alpha value is -0.950. The second-order valence-electron chi connectivity index (χ2n) is 3.82. The number of alkyl halides is 3. The molecule has 0 aliphatic heterocycles. The molecule has 0 saturated carbocycles. The molecule has 0 spiro atoms. The summed E-state index contributed by atoms with van der Waals surface area (Å²) < 4.78 is 36.6. The lowest BCUT2D eigenvalue weighted by molar-refractivity contribution is -0.138. The van der Waals surface area contributed by atoms with E-state index in [1.54, 1.807) is 23.5 Å². The van der Waals surface area contributed by atoms with Gasteiger partial charge in [-0.05, 0) is 25.1 Å². The van der Waals surface area contributed by atoms with Crippen molar-refractivity contribution in [2.24, 2.45) is 0 Å². The minimum Gasteiger partial charge on any atom is -0.373 e. The van der Waals surface area contributed by atoms with Gasteiger partial charge >= 0.3 is 6.18 Å². The van der Waals surface area contributed by atoms with Gasteiger partial charge in [-0.1, -0.05) is 27.5 Å². The van der Waals surface area contributed by atoms with Gasteiger partial charge in [-0.2, -0.15) is 13.2 Å². The van der Waals surface area contributed by atoms with Crippen LogP contribution < -0.4 is 10.6 Å². The lowest BCUT2D eigenvalue weighted by Gasteiger charge is -2.17. The molecule has 0 saturated heterocycles. The molecule has 1 amide bonds. The number of halogens is 5. The largest absolute Gasteiger partial charge is 0.405 e. The number of hydrogen-bond donors (Lipinski definition) is 2. The molecular weight excluding hydrogens is 348 g/mol. The molecule has 19 heavy (non-hydrogen) atoms. The Morgan fingerprint density at radius 2 is 2.11 bits per heavy atom. The second-order valence-corrected chi connectivity index (χ2v) is 5.15. The van der Waals surface area contributed by atoms with Crippen LogP contribution >= 0.6 is 27.5 Å². The van der Waals surface area contributed by atoms with Crippen molar-refractivity contribution < 1.29 is 18.0 Å². The van der Waals surface area contributed by atoms with Crippen LogP contribution in [0.25, 0.3) is 0 Å². The Kier molecular flexibility index (Phi) is 5.49. The number of carbonyl (C=O) groups is 1. The van der Waals surface area contributed by atoms with Crippen molar-refractivity contribution in [3.63, 3.8) is 0 Å². The van der Waals surface area contributed by atoms with Crippen LogP contribution in [0.1, 0.15) is 6.92 Å². The topological polar surface area (TPSA) is 41.1 Å². The van der Waals surface area contributed by atoms with Gasteiger partial charge in [-0.15, -0.1) is 0 Å². The van der Waals surface area contributed by atoms with E-state index in [0.717, 1.165) is 4.47 Å². The molecule has 1 atom stereocenters. The third kappa shape index (κ3) is 5.69. The number of hydrogen-bond acceptors (Lipinski definition) is 2. The number of nitrogens with one attached hydrogen (secondary N) is 2. The molecule has 2 N–H and O–H groups in total. The smallest absolute Gasteiger partial charge is 0.373 e. The van der Waals surface area contributed by atoms with Crippen molar-refractivity contribution >= 4 is 39.1 Å². The predicted molar refractivity (Wildman–Crippen MR) is 71.3 cm³/mol. The molecule has 3 nitrogen and oxygen atoms in total. The first-order valence-electron chi connectivity index (χ1n) is 5.25. The Labute approximate surface area is 121 Å². The minimum atomic E-state index is -4.43. The maximum atomic E-state index is 12.0. The molecular formula is C11H11BrClF3N2O. The van der Waals surface area contributed by atoms with Gasteiger partial charge in [0.05, 0.1) is 10.7 Å². The van der Waals surface area contributed by atoms with E-state index in [2.05, 4.69) is 21.2 Å². The van der Waals surface area contributed by atoms with Gasteiger partial charge in [0, 0.05) is 4.47 Å². The summed E-state index contributed by atoms with van der Waals surface area (Å²) in [7, 11) is 0. The molecule has 8 heteroatoms. The average Bonchev–Trinajstić information content (AvgIpc) is 2.28. The zero-order valence-electron chi connectivity index (χ0n) is 9.81. The third-order valence-corrected chi connectivity index (χ3v) is 2.97. The van der Waals surface area contributed by atoms with Gasteiger partial charge in [-0.25, -0.2) is 0 Å². The Morgan fingerprint density at radius 3 is 2.63 bits per heavy atom. The van der Waals surface area contributed by atoms with Gasteiger partial charge in [0.25, 0.3) is 0 Å². The highest BCUT2D eigenvalue weighted by atomic mass is 79.9. The van der Waals surface area contributed by atoms with Crippen molar-refractivity contribution in [3.05, 3.63) is 27.7 Å². The second kappa shape index (κ2) is 6.47. The van der Waals surface area contributed by atoms with Crippen molar-refractivity contribution in [1.82, 2.24) is 5.32 Å². The minimum absolute atomic E-state index is 0.366. The number of carbonyl (C=O) groups excluding carboxylic acids is 1. The first-order chi connectivity index (χ1) is 8.69. The summed E-state index contributed by atoms with van der Waals surface area (Å²) in [5.74, 6) is -0.753. The number of benzene rings is 1. The van der Waals surface area contributed by atoms with Crippen molar-refractivity contribution in [2.45, 2.75) is 19.1 Å². The summed E-state index contributed by atoms with van der Waals surface area (Å²) in [6.45, 7) is 0.0933. The molecule has 0 fully saturated rings. The number of amides is 1. The van der Waals surface area contributed by atoms with E-state index < -0.39 is 24.7 Å². The van der Waals surface area contributed by atoms with Crippen LogP contribution in [-0.4, -0.2) is 24.7 Å². The standard InChI is InChI=1S/C11H11BrClF3N2O/c1-6(10(19)17-5-11(14,15)16)18-9-3-2-7(12)4-8(9)13/h2-4,6,18H,5H2,1H3,(H,17,19). The van der Waals surface area contributed by atoms with E-state index >= 15 is 0 Å². The van der Waals surface area contributed by atoms with Gasteiger partial charge in [0.1, 0.15) is 12.6 Å². The van der Waals surface area contributed by atoms with E-state index in [9.17, 15) is 18.0 Å². The van der Waals surface area contributed by atoms with E-state index in [1.807, 2.05) is 0 Å². The van der Waals surface area contributed by atoms with Crippen molar-refractivity contribution in [3.8, 4) is 0 Å². The fourth-order valence-electron chi connectivity index (χ4n) is 1.25. The van der Waals surface area contributed by atoms with Crippen LogP contribution in [0.15, 0.2) is 22.7 Å². The normalized spacial score (nSPS) is 12.9. The monoisotopic (exact) mass is 358 g/mol. The maximum Gasteiger partial charge on any atom is 0.405 e. The molecule has 0 heterocycles. The van der Waals surface area contributed by atoms with Crippen molar-refractivity contribution in [1.29, 1.82) is 0 Å². The summed E-state index contributed by atoms with van der Waals surface area (Å²) in [5, 5.41) is 4.90. The molecule has 0 bridgehead atoms. The quantitative estimate of drug-likeness (QED) is 0.863. The Bertz CT molecular complexity index is 468. The van der Waals surface area contributed by atoms with E-state index in [0.29, 0.717) is 10.7 Å². The van der Waals surface area contributed by atoms with Crippen LogP contribution in [-0.2, 0) is 4.79 Å². The molecule has 0 aliphatic rings. The summed E-state index contributed by atoms with van der Waals surface area (Å²) in [4.78, 5) is 11.4. The fraction of sp³-hybridized carbons (Fsp3) is 0.364. The fourth-order valence-corrected chi connectivity index (χ4v) is 1.97. The van der Waals surface area contributed by atoms with Gasteiger partial charge in [0.15, 0.2) is 0 Å². The average molecular weight is 360 g/mol. The molecule has 0 aliphatic carbocycles. The van der Waals surface area contributed by atoms with Gasteiger partial charge in [-0.3, -0.25) is 4.79 Å². The SMILES string of the molecule is CC(Nc1ccc(Br)cc1Cl)C(=O)NCC(F)(F)F. The van der Waals surface area contributed by atoms with Crippen LogP contribution in [0.2, 0.25) is 5.02 Å². The lowest BCUT2D eigenvalue weighted by Crippen LogP contribution is -2.42. The number of rotatable bonds is 4. The van der Waals surface area contributed by atoms with Crippen LogP contribution in [0.3, 0.4) is 0 Å². The van der Waals surface area contributed by atoms with E-state index in [4.69, 9.17) is 11.6 Å². The maximum absolute atomic E-state index is 12.0. The Balaban J connectivity index is 2.59. The third-order valence-electron chi connectivity index (χ3n) is 2.16. The first-order valence-corrected chi connectivity index (χ1v) is 6.42. The summed E-state index contributed by atoms with van der Waals surface area (Å²) in [6, 6.07) is 4.11. The zero-order chi connectivity index (χ0) is 14.6. The predicted octanol–water partition coefficient (Wildman–Crippen LogP) is 3.58. The molecule has 0 aromatic heterocycles. The molecule has 0 radical (unpaired) electrons. The molecule has 1 aromatic carbocycles. The van der Waals surface area contributed by atoms with Gasteiger partial charge in [0.2, 0.25) is 5.91 Å². The summed E-state index contributed by atoms with van der Waals surface area (Å²) >= 11 is 9.15. The molecule has 1 rings (SSSR count). The lowest BCUT2D eigenvalue weighted by atomic mass is 10.2. The first kappa shape index (κ1) is 16.1. The van der Waals surface area contributed by atoms with E-state index in [-0.39, 0.29) is 0 Å². The molecule has 106 valence electrons. The highest BCUT2D eigenvalue weighted by Crippen LogP contribution is 2.26. The van der Waals surface area contributed by atoms with E-state index in [1.165, 1.54) is 6.92 Å². The molecule has 1 aromatic rings. The highest BCUT2D eigenvalue weighted by molar-refractivity contribution is 9.10. The highest BCUT2D eigenvalue weighted by Gasteiger charge is 2.28. The summed E-state index contributed by atoms with van der Waals surface area (Å²) in [5.41, 5.74) is 0.472. The van der Waals surface area contributed by atoms with Crippen LogP contribution in [0.4, 0.5) is 18.9 Å². The zero-order valence-corrected chi connectivity index (χ0v) is 12.2. The number of anilines is 1. The van der Waals surface area contributed by atoms with Crippen LogP contribution in [0.5, 0.6) is 0 Å². The van der Waals surface area contributed by atoms with Crippen molar-refractivity contribution in [2.75, 3.05) is 11.9 Å².